The van der Waals surface area contributed by atoms with Crippen molar-refractivity contribution in [3.63, 3.8) is 0 Å². The zero-order valence-electron chi connectivity index (χ0n) is 14.7. The molecule has 0 heterocycles. The molecule has 0 saturated carbocycles. The summed E-state index contributed by atoms with van der Waals surface area (Å²) in [6.07, 6.45) is -12.4. The number of benzene rings is 2. The molecule has 0 fully saturated rings. The number of hydrogen-bond acceptors (Lipinski definition) is 1. The number of alkyl halides is 7. The van der Waals surface area contributed by atoms with Crippen LogP contribution in [-0.2, 0) is 17.0 Å². The van der Waals surface area contributed by atoms with Crippen LogP contribution in [0, 0.1) is 13.8 Å². The molecular weight excluding hydrogens is 377 g/mol. The Kier molecular flexibility index (Phi) is 5.61. The molecule has 0 aromatic heterocycles. The van der Waals surface area contributed by atoms with Crippen molar-refractivity contribution in [3.05, 3.63) is 58.7 Å². The summed E-state index contributed by atoms with van der Waals surface area (Å²) < 4.78 is 100. The van der Waals surface area contributed by atoms with Crippen LogP contribution in [0.5, 0.6) is 0 Å². The Morgan fingerprint density at radius 1 is 0.778 bits per heavy atom. The molecule has 0 atom stereocenters. The van der Waals surface area contributed by atoms with Crippen molar-refractivity contribution < 1.29 is 35.5 Å². The molecule has 148 valence electrons. The summed E-state index contributed by atoms with van der Waals surface area (Å²) in [5.74, 6) is 0. The minimum Gasteiger partial charge on any atom is -0.380 e. The number of aryl methyl sites for hydroxylation is 2. The van der Waals surface area contributed by atoms with Gasteiger partial charge in [0.05, 0.1) is 6.61 Å². The van der Waals surface area contributed by atoms with E-state index in [1.807, 2.05) is 0 Å². The van der Waals surface area contributed by atoms with Crippen molar-refractivity contribution in [2.75, 3.05) is 7.11 Å². The molecule has 2 aromatic rings. The third kappa shape index (κ3) is 3.81. The lowest BCUT2D eigenvalue weighted by atomic mass is 9.83. The largest absolute Gasteiger partial charge is 0.435 e. The maximum Gasteiger partial charge on any atom is 0.435 e. The molecular formula is C19H17F7O. The molecule has 0 saturated heterocycles. The van der Waals surface area contributed by atoms with Gasteiger partial charge in [0, 0.05) is 12.7 Å². The van der Waals surface area contributed by atoms with E-state index in [0.717, 1.165) is 5.56 Å². The first-order chi connectivity index (χ1) is 12.3. The number of hydrogen-bond donors (Lipinski definition) is 0. The van der Waals surface area contributed by atoms with Crippen LogP contribution in [0.3, 0.4) is 0 Å². The monoisotopic (exact) mass is 394 g/mol. The first kappa shape index (κ1) is 21.2. The standard InChI is InChI=1S/C19H17F7O/c1-11-4-6-13(7-5-11)16-14(10-27-3)8-12(2)9-15(16)17(20,18(21,22)23)19(24,25)26/h4-9H,10H2,1-3H3. The first-order valence-corrected chi connectivity index (χ1v) is 7.85. The van der Waals surface area contributed by atoms with Crippen molar-refractivity contribution in [1.82, 2.24) is 0 Å². The Balaban J connectivity index is 2.95. The van der Waals surface area contributed by atoms with Crippen LogP contribution in [0.25, 0.3) is 11.1 Å². The second-order valence-corrected chi connectivity index (χ2v) is 6.30. The average Bonchev–Trinajstić information content (AvgIpc) is 2.53. The Morgan fingerprint density at radius 2 is 1.30 bits per heavy atom. The van der Waals surface area contributed by atoms with E-state index in [1.165, 1.54) is 44.4 Å². The van der Waals surface area contributed by atoms with Gasteiger partial charge in [-0.15, -0.1) is 0 Å². The Labute approximate surface area is 151 Å². The van der Waals surface area contributed by atoms with Crippen molar-refractivity contribution in [3.8, 4) is 11.1 Å². The van der Waals surface area contributed by atoms with Crippen molar-refractivity contribution in [2.45, 2.75) is 38.5 Å². The molecule has 0 spiro atoms. The predicted molar refractivity (Wildman–Crippen MR) is 87.0 cm³/mol. The van der Waals surface area contributed by atoms with Crippen molar-refractivity contribution in [2.24, 2.45) is 0 Å². The van der Waals surface area contributed by atoms with Gasteiger partial charge in [-0.2, -0.15) is 26.3 Å². The second kappa shape index (κ2) is 7.14. The fourth-order valence-electron chi connectivity index (χ4n) is 2.93. The number of methoxy groups -OCH3 is 1. The molecule has 0 radical (unpaired) electrons. The van der Waals surface area contributed by atoms with Gasteiger partial charge in [-0.1, -0.05) is 47.5 Å². The number of halogens is 7. The van der Waals surface area contributed by atoms with E-state index in [1.54, 1.807) is 6.92 Å². The lowest BCUT2D eigenvalue weighted by molar-refractivity contribution is -0.348. The molecule has 2 aromatic carbocycles. The van der Waals surface area contributed by atoms with E-state index in [-0.39, 0.29) is 23.3 Å². The third-order valence-corrected chi connectivity index (χ3v) is 4.16. The molecule has 0 aliphatic heterocycles. The minimum absolute atomic E-state index is 0.0341. The zero-order valence-corrected chi connectivity index (χ0v) is 14.7. The summed E-state index contributed by atoms with van der Waals surface area (Å²) in [4.78, 5) is 0. The Morgan fingerprint density at radius 3 is 1.74 bits per heavy atom. The van der Waals surface area contributed by atoms with E-state index in [9.17, 15) is 30.7 Å². The first-order valence-electron chi connectivity index (χ1n) is 7.85. The van der Waals surface area contributed by atoms with Gasteiger partial charge in [-0.05, 0) is 30.5 Å². The van der Waals surface area contributed by atoms with Crippen LogP contribution < -0.4 is 0 Å². The zero-order chi connectivity index (χ0) is 20.6. The van der Waals surface area contributed by atoms with E-state index in [2.05, 4.69) is 0 Å². The summed E-state index contributed by atoms with van der Waals surface area (Å²) in [6.45, 7) is 2.74. The average molecular weight is 394 g/mol. The molecule has 0 unspecified atom stereocenters. The molecule has 2 rings (SSSR count). The molecule has 1 nitrogen and oxygen atoms in total. The van der Waals surface area contributed by atoms with Crippen LogP contribution >= 0.6 is 0 Å². The molecule has 8 heteroatoms. The quantitative estimate of drug-likeness (QED) is 0.545. The molecule has 0 bridgehead atoms. The SMILES string of the molecule is COCc1cc(C)cc(C(F)(C(F)(F)F)C(F)(F)F)c1-c1ccc(C)cc1. The molecule has 27 heavy (non-hydrogen) atoms. The van der Waals surface area contributed by atoms with E-state index < -0.39 is 29.1 Å². The van der Waals surface area contributed by atoms with Gasteiger partial charge in [-0.25, -0.2) is 4.39 Å². The highest BCUT2D eigenvalue weighted by Crippen LogP contribution is 2.56. The molecule has 0 N–H and O–H groups in total. The lowest BCUT2D eigenvalue weighted by Crippen LogP contribution is -2.50. The van der Waals surface area contributed by atoms with Gasteiger partial charge in [-0.3, -0.25) is 0 Å². The fourth-order valence-corrected chi connectivity index (χ4v) is 2.93. The second-order valence-electron chi connectivity index (χ2n) is 6.30. The predicted octanol–water partition coefficient (Wildman–Crippen LogP) is 6.41. The lowest BCUT2D eigenvalue weighted by Gasteiger charge is -2.33. The van der Waals surface area contributed by atoms with Gasteiger partial charge in [0.15, 0.2) is 0 Å². The van der Waals surface area contributed by atoms with Gasteiger partial charge < -0.3 is 4.74 Å². The number of ether oxygens (including phenoxy) is 1. The summed E-state index contributed by atoms with van der Waals surface area (Å²) in [5.41, 5.74) is -6.60. The summed E-state index contributed by atoms with van der Waals surface area (Å²) in [5, 5.41) is 0. The van der Waals surface area contributed by atoms with Crippen molar-refractivity contribution >= 4 is 0 Å². The third-order valence-electron chi connectivity index (χ3n) is 4.16. The Hall–Kier alpha value is -2.09. The molecule has 0 aliphatic carbocycles. The maximum atomic E-state index is 14.9. The number of rotatable bonds is 4. The van der Waals surface area contributed by atoms with Gasteiger partial charge in [0.2, 0.25) is 0 Å². The highest BCUT2D eigenvalue weighted by molar-refractivity contribution is 5.73. The topological polar surface area (TPSA) is 9.23 Å². The maximum absolute atomic E-state index is 14.9. The van der Waals surface area contributed by atoms with Crippen LogP contribution in [-0.4, -0.2) is 19.5 Å². The van der Waals surface area contributed by atoms with Crippen LogP contribution in [0.1, 0.15) is 22.3 Å². The molecule has 0 amide bonds. The normalized spacial score (nSPS) is 13.1. The summed E-state index contributed by atoms with van der Waals surface area (Å²) in [7, 11) is 1.25. The van der Waals surface area contributed by atoms with Crippen LogP contribution in [0.15, 0.2) is 36.4 Å². The fraction of sp³-hybridized carbons (Fsp3) is 0.368. The van der Waals surface area contributed by atoms with Gasteiger partial charge in [0.25, 0.3) is 0 Å². The van der Waals surface area contributed by atoms with E-state index in [4.69, 9.17) is 4.74 Å². The summed E-state index contributed by atoms with van der Waals surface area (Å²) in [6, 6.07) is 7.74. The smallest absolute Gasteiger partial charge is 0.380 e. The highest BCUT2D eigenvalue weighted by Gasteiger charge is 2.74. The van der Waals surface area contributed by atoms with Crippen LogP contribution in [0.4, 0.5) is 30.7 Å². The van der Waals surface area contributed by atoms with E-state index in [0.29, 0.717) is 6.07 Å². The van der Waals surface area contributed by atoms with E-state index >= 15 is 0 Å². The van der Waals surface area contributed by atoms with Gasteiger partial charge >= 0.3 is 18.0 Å². The molecule has 0 aliphatic rings. The minimum atomic E-state index is -6.19. The Bertz CT molecular complexity index is 791. The van der Waals surface area contributed by atoms with Crippen LogP contribution in [0.2, 0.25) is 0 Å². The highest BCUT2D eigenvalue weighted by atomic mass is 19.4. The van der Waals surface area contributed by atoms with Gasteiger partial charge in [0.1, 0.15) is 0 Å². The summed E-state index contributed by atoms with van der Waals surface area (Å²) >= 11 is 0. The van der Waals surface area contributed by atoms with Crippen molar-refractivity contribution in [1.29, 1.82) is 0 Å².